The van der Waals surface area contributed by atoms with Crippen molar-refractivity contribution in [2.24, 2.45) is 11.3 Å². The average molecular weight is 194 g/mol. The van der Waals surface area contributed by atoms with Gasteiger partial charge in [0.05, 0.1) is 6.61 Å². The number of carbonyl (C=O) groups is 2. The lowest BCUT2D eigenvalue weighted by molar-refractivity contribution is -0.159. The molecule has 2 atom stereocenters. The number of carbonyl (C=O) groups excluding carboxylic acids is 2. The minimum atomic E-state index is -0.824. The molecule has 2 aliphatic carbocycles. The summed E-state index contributed by atoms with van der Waals surface area (Å²) in [4.78, 5) is 23.6. The Kier molecular flexibility index (Phi) is 2.17. The topological polar surface area (TPSA) is 43.4 Å². The van der Waals surface area contributed by atoms with Gasteiger partial charge in [-0.05, 0) is 26.2 Å². The molecule has 3 nitrogen and oxygen atoms in total. The van der Waals surface area contributed by atoms with Crippen molar-refractivity contribution in [3.8, 4) is 0 Å². The quantitative estimate of drug-likeness (QED) is 0.380. The minimum absolute atomic E-state index is 0.0341. The molecule has 2 aliphatic rings. The molecule has 0 amide bonds. The van der Waals surface area contributed by atoms with Crippen molar-refractivity contribution in [2.75, 3.05) is 6.61 Å². The second-order valence-electron chi connectivity index (χ2n) is 3.94. The number of fused-ring (bicyclic) bond motifs is 2. The number of ketones is 1. The van der Waals surface area contributed by atoms with Crippen LogP contribution < -0.4 is 0 Å². The summed E-state index contributed by atoms with van der Waals surface area (Å²) in [6.45, 7) is 2.12. The predicted octanol–water partition coefficient (Wildman–Crippen LogP) is 1.47. The number of hydrogen-bond donors (Lipinski definition) is 0. The van der Waals surface area contributed by atoms with E-state index in [1.165, 1.54) is 0 Å². The van der Waals surface area contributed by atoms with Crippen LogP contribution in [0.5, 0.6) is 0 Å². The van der Waals surface area contributed by atoms with Crippen LogP contribution in [0.25, 0.3) is 0 Å². The lowest BCUT2D eigenvalue weighted by Gasteiger charge is -2.25. The summed E-state index contributed by atoms with van der Waals surface area (Å²) in [5, 5.41) is 0. The molecule has 2 bridgehead atoms. The molecular formula is C11H14O3. The van der Waals surface area contributed by atoms with Gasteiger partial charge in [-0.1, -0.05) is 12.2 Å². The fraction of sp³-hybridized carbons (Fsp3) is 0.636. The Morgan fingerprint density at radius 2 is 2.50 bits per heavy atom. The Morgan fingerprint density at radius 3 is 3.21 bits per heavy atom. The van der Waals surface area contributed by atoms with E-state index < -0.39 is 5.41 Å². The van der Waals surface area contributed by atoms with Gasteiger partial charge in [0.25, 0.3) is 0 Å². The standard InChI is InChI=1S/C11H14O3/c1-2-14-10(13)11-6-3-4-8(5-7-11)9(11)12/h3-4,8H,2,5-7H2,1H3. The van der Waals surface area contributed by atoms with Gasteiger partial charge in [0.2, 0.25) is 0 Å². The lowest BCUT2D eigenvalue weighted by atomic mass is 9.78. The van der Waals surface area contributed by atoms with Crippen LogP contribution in [0, 0.1) is 11.3 Å². The van der Waals surface area contributed by atoms with Gasteiger partial charge in [0.15, 0.2) is 5.78 Å². The number of esters is 1. The van der Waals surface area contributed by atoms with Crippen LogP contribution in [-0.2, 0) is 14.3 Å². The van der Waals surface area contributed by atoms with E-state index in [0.717, 1.165) is 6.42 Å². The van der Waals surface area contributed by atoms with Crippen LogP contribution in [0.3, 0.4) is 0 Å². The zero-order valence-corrected chi connectivity index (χ0v) is 8.29. The van der Waals surface area contributed by atoms with E-state index in [9.17, 15) is 9.59 Å². The molecule has 76 valence electrons. The summed E-state index contributed by atoms with van der Waals surface area (Å²) >= 11 is 0. The molecule has 0 aromatic carbocycles. The molecule has 3 heteroatoms. The summed E-state index contributed by atoms with van der Waals surface area (Å²) in [6, 6.07) is 0. The monoisotopic (exact) mass is 194 g/mol. The molecule has 0 heterocycles. The maximum absolute atomic E-state index is 11.9. The SMILES string of the molecule is CCOC(=O)C12CC=CC(CC1)C2=O. The highest BCUT2D eigenvalue weighted by molar-refractivity contribution is 6.07. The van der Waals surface area contributed by atoms with Gasteiger partial charge in [0, 0.05) is 5.92 Å². The van der Waals surface area contributed by atoms with E-state index in [4.69, 9.17) is 4.74 Å². The predicted molar refractivity (Wildman–Crippen MR) is 50.6 cm³/mol. The van der Waals surface area contributed by atoms with Crippen molar-refractivity contribution >= 4 is 11.8 Å². The van der Waals surface area contributed by atoms with Gasteiger partial charge in [-0.25, -0.2) is 0 Å². The first-order valence-electron chi connectivity index (χ1n) is 5.09. The van der Waals surface area contributed by atoms with Gasteiger partial charge in [-0.3, -0.25) is 9.59 Å². The van der Waals surface area contributed by atoms with Crippen molar-refractivity contribution in [3.63, 3.8) is 0 Å². The van der Waals surface area contributed by atoms with Crippen LogP contribution in [0.15, 0.2) is 12.2 Å². The fourth-order valence-electron chi connectivity index (χ4n) is 2.39. The van der Waals surface area contributed by atoms with E-state index in [-0.39, 0.29) is 17.7 Å². The Hall–Kier alpha value is -1.12. The summed E-state index contributed by atoms with van der Waals surface area (Å²) in [5.74, 6) is -0.288. The zero-order chi connectivity index (χ0) is 10.2. The van der Waals surface area contributed by atoms with Crippen molar-refractivity contribution < 1.29 is 14.3 Å². The minimum Gasteiger partial charge on any atom is -0.465 e. The van der Waals surface area contributed by atoms with Gasteiger partial charge in [-0.2, -0.15) is 0 Å². The largest absolute Gasteiger partial charge is 0.465 e. The van der Waals surface area contributed by atoms with E-state index in [1.54, 1.807) is 6.92 Å². The van der Waals surface area contributed by atoms with Crippen LogP contribution in [0.1, 0.15) is 26.2 Å². The number of allylic oxidation sites excluding steroid dienone is 2. The van der Waals surface area contributed by atoms with Crippen LogP contribution in [-0.4, -0.2) is 18.4 Å². The molecule has 0 radical (unpaired) electrons. The number of Topliss-reactive ketones (excluding diaryl/α,β-unsaturated/α-hetero) is 1. The molecule has 14 heavy (non-hydrogen) atoms. The zero-order valence-electron chi connectivity index (χ0n) is 8.29. The highest BCUT2D eigenvalue weighted by atomic mass is 16.5. The molecule has 0 N–H and O–H groups in total. The normalized spacial score (nSPS) is 34.6. The molecular weight excluding hydrogens is 180 g/mol. The molecule has 2 rings (SSSR count). The van der Waals surface area contributed by atoms with Gasteiger partial charge >= 0.3 is 5.97 Å². The lowest BCUT2D eigenvalue weighted by Crippen LogP contribution is -2.39. The molecule has 0 aliphatic heterocycles. The second-order valence-corrected chi connectivity index (χ2v) is 3.94. The second kappa shape index (κ2) is 3.23. The molecule has 0 saturated heterocycles. The molecule has 0 aromatic heterocycles. The molecule has 0 aromatic rings. The van der Waals surface area contributed by atoms with Gasteiger partial charge < -0.3 is 4.74 Å². The number of hydrogen-bond acceptors (Lipinski definition) is 3. The van der Waals surface area contributed by atoms with Crippen molar-refractivity contribution in [2.45, 2.75) is 26.2 Å². The van der Waals surface area contributed by atoms with E-state index in [0.29, 0.717) is 19.4 Å². The Bertz CT molecular complexity index is 306. The fourth-order valence-corrected chi connectivity index (χ4v) is 2.39. The number of ether oxygens (including phenoxy) is 1. The Labute approximate surface area is 83.1 Å². The highest BCUT2D eigenvalue weighted by Gasteiger charge is 2.54. The molecule has 1 saturated carbocycles. The van der Waals surface area contributed by atoms with Gasteiger partial charge in [-0.15, -0.1) is 0 Å². The molecule has 2 unspecified atom stereocenters. The van der Waals surface area contributed by atoms with Gasteiger partial charge in [0.1, 0.15) is 5.41 Å². The molecule has 1 fully saturated rings. The van der Waals surface area contributed by atoms with Crippen LogP contribution in [0.4, 0.5) is 0 Å². The van der Waals surface area contributed by atoms with Crippen molar-refractivity contribution in [1.82, 2.24) is 0 Å². The maximum Gasteiger partial charge on any atom is 0.319 e. The first-order chi connectivity index (χ1) is 6.70. The first-order valence-corrected chi connectivity index (χ1v) is 5.09. The third-order valence-electron chi connectivity index (χ3n) is 3.19. The molecule has 0 spiro atoms. The number of rotatable bonds is 2. The highest BCUT2D eigenvalue weighted by Crippen LogP contribution is 2.46. The van der Waals surface area contributed by atoms with Crippen molar-refractivity contribution in [1.29, 1.82) is 0 Å². The Balaban J connectivity index is 2.27. The van der Waals surface area contributed by atoms with Crippen LogP contribution >= 0.6 is 0 Å². The van der Waals surface area contributed by atoms with E-state index >= 15 is 0 Å². The summed E-state index contributed by atoms with van der Waals surface area (Å²) < 4.78 is 4.98. The first kappa shape index (κ1) is 9.44. The van der Waals surface area contributed by atoms with E-state index in [2.05, 4.69) is 0 Å². The van der Waals surface area contributed by atoms with Crippen LogP contribution in [0.2, 0.25) is 0 Å². The maximum atomic E-state index is 11.9. The van der Waals surface area contributed by atoms with E-state index in [1.807, 2.05) is 12.2 Å². The third-order valence-corrected chi connectivity index (χ3v) is 3.19. The van der Waals surface area contributed by atoms with Crippen molar-refractivity contribution in [3.05, 3.63) is 12.2 Å². The summed E-state index contributed by atoms with van der Waals surface area (Å²) in [6.07, 6.45) is 5.85. The smallest absolute Gasteiger partial charge is 0.319 e. The third kappa shape index (κ3) is 1.11. The summed E-state index contributed by atoms with van der Waals surface area (Å²) in [5.41, 5.74) is -0.824. The Morgan fingerprint density at radius 1 is 1.71 bits per heavy atom. The average Bonchev–Trinajstić information content (AvgIpc) is 2.40. The summed E-state index contributed by atoms with van der Waals surface area (Å²) in [7, 11) is 0.